The molecule has 0 bridgehead atoms. The van der Waals surface area contributed by atoms with E-state index in [1.54, 1.807) is 20.1 Å². The lowest BCUT2D eigenvalue weighted by molar-refractivity contribution is 0.0511. The van der Waals surface area contributed by atoms with Crippen LogP contribution >= 0.6 is 0 Å². The fourth-order valence-electron chi connectivity index (χ4n) is 2.98. The molecule has 0 unspecified atom stereocenters. The Morgan fingerprint density at radius 1 is 1.39 bits per heavy atom. The number of carbonyl (C=O) groups excluding carboxylic acids is 1. The van der Waals surface area contributed by atoms with Gasteiger partial charge in [-0.05, 0) is 45.0 Å². The summed E-state index contributed by atoms with van der Waals surface area (Å²) >= 11 is 0. The van der Waals surface area contributed by atoms with E-state index in [2.05, 4.69) is 10.6 Å². The maximum atomic E-state index is 13.9. The summed E-state index contributed by atoms with van der Waals surface area (Å²) in [6.45, 7) is 4.98. The van der Waals surface area contributed by atoms with Gasteiger partial charge in [-0.15, -0.1) is 0 Å². The minimum absolute atomic E-state index is 0.0126. The molecular formula is C17H25FN2O3. The van der Waals surface area contributed by atoms with E-state index in [0.717, 1.165) is 25.9 Å². The second-order valence-electron chi connectivity index (χ2n) is 5.92. The van der Waals surface area contributed by atoms with Crippen molar-refractivity contribution in [2.45, 2.75) is 19.8 Å². The van der Waals surface area contributed by atoms with Crippen LogP contribution in [0.5, 0.6) is 5.75 Å². The Bertz CT molecular complexity index is 525. The molecule has 1 aliphatic heterocycles. The highest BCUT2D eigenvalue weighted by molar-refractivity contribution is 5.97. The molecule has 0 aliphatic carbocycles. The van der Waals surface area contributed by atoms with Crippen molar-refractivity contribution in [1.82, 2.24) is 10.6 Å². The predicted octanol–water partition coefficient (Wildman–Crippen LogP) is 1.97. The molecular weight excluding hydrogens is 299 g/mol. The number of methoxy groups -OCH3 is 1. The molecule has 0 spiro atoms. The number of benzene rings is 1. The Balaban J connectivity index is 2.08. The highest BCUT2D eigenvalue weighted by Gasteiger charge is 2.33. The van der Waals surface area contributed by atoms with E-state index >= 15 is 0 Å². The number of para-hydroxylation sites is 1. The van der Waals surface area contributed by atoms with Crippen molar-refractivity contribution in [1.29, 1.82) is 0 Å². The average molecular weight is 324 g/mol. The van der Waals surface area contributed by atoms with Crippen LogP contribution in [0, 0.1) is 11.2 Å². The van der Waals surface area contributed by atoms with Crippen LogP contribution in [0.1, 0.15) is 30.1 Å². The van der Waals surface area contributed by atoms with Gasteiger partial charge in [-0.1, -0.05) is 6.07 Å². The van der Waals surface area contributed by atoms with Gasteiger partial charge in [0, 0.05) is 19.1 Å². The van der Waals surface area contributed by atoms with Crippen molar-refractivity contribution in [3.8, 4) is 5.75 Å². The van der Waals surface area contributed by atoms with E-state index in [1.807, 2.05) is 0 Å². The van der Waals surface area contributed by atoms with E-state index < -0.39 is 5.82 Å². The number of ether oxygens (including phenoxy) is 2. The van der Waals surface area contributed by atoms with Gasteiger partial charge >= 0.3 is 0 Å². The summed E-state index contributed by atoms with van der Waals surface area (Å²) in [6.07, 6.45) is 1.87. The highest BCUT2D eigenvalue weighted by atomic mass is 19.1. The first kappa shape index (κ1) is 17.7. The minimum atomic E-state index is -0.520. The van der Waals surface area contributed by atoms with Crippen LogP contribution in [0.2, 0.25) is 0 Å². The molecule has 6 heteroatoms. The molecule has 23 heavy (non-hydrogen) atoms. The van der Waals surface area contributed by atoms with Crippen LogP contribution in [-0.2, 0) is 4.74 Å². The topological polar surface area (TPSA) is 59.6 Å². The lowest BCUT2D eigenvalue weighted by Gasteiger charge is -2.37. The molecule has 1 saturated heterocycles. The zero-order valence-electron chi connectivity index (χ0n) is 13.8. The fourth-order valence-corrected chi connectivity index (χ4v) is 2.98. The molecule has 1 amide bonds. The van der Waals surface area contributed by atoms with Gasteiger partial charge in [-0.2, -0.15) is 0 Å². The SMILES string of the molecule is CCOc1c(F)cccc1C(=O)NCC1(COC)CCNCC1. The van der Waals surface area contributed by atoms with Crippen LogP contribution in [0.3, 0.4) is 0 Å². The number of amides is 1. The molecule has 2 N–H and O–H groups in total. The summed E-state index contributed by atoms with van der Waals surface area (Å²) in [5.74, 6) is -0.825. The van der Waals surface area contributed by atoms with Crippen molar-refractivity contribution in [3.05, 3.63) is 29.6 Å². The van der Waals surface area contributed by atoms with Crippen molar-refractivity contribution in [2.75, 3.05) is 40.0 Å². The Hall–Kier alpha value is -1.66. The quantitative estimate of drug-likeness (QED) is 0.805. The Labute approximate surface area is 136 Å². The van der Waals surface area contributed by atoms with E-state index in [9.17, 15) is 9.18 Å². The van der Waals surface area contributed by atoms with Crippen molar-refractivity contribution < 1.29 is 18.7 Å². The standard InChI is InChI=1S/C17H25FN2O3/c1-3-23-15-13(5-4-6-14(15)18)16(21)20-11-17(12-22-2)7-9-19-10-8-17/h4-6,19H,3,7-12H2,1-2H3,(H,20,21). The van der Waals surface area contributed by atoms with E-state index in [4.69, 9.17) is 9.47 Å². The first-order valence-electron chi connectivity index (χ1n) is 8.01. The van der Waals surface area contributed by atoms with Gasteiger partial charge in [0.2, 0.25) is 0 Å². The number of hydrogen-bond donors (Lipinski definition) is 2. The van der Waals surface area contributed by atoms with Gasteiger partial charge in [0.25, 0.3) is 5.91 Å². The van der Waals surface area contributed by atoms with Crippen LogP contribution < -0.4 is 15.4 Å². The van der Waals surface area contributed by atoms with Crippen molar-refractivity contribution in [2.24, 2.45) is 5.41 Å². The summed E-state index contributed by atoms with van der Waals surface area (Å²) in [6, 6.07) is 4.39. The average Bonchev–Trinajstić information content (AvgIpc) is 2.56. The summed E-state index contributed by atoms with van der Waals surface area (Å²) in [5.41, 5.74) is 0.155. The molecule has 0 radical (unpaired) electrons. The van der Waals surface area contributed by atoms with Crippen LogP contribution in [0.4, 0.5) is 4.39 Å². The number of hydrogen-bond acceptors (Lipinski definition) is 4. The molecule has 1 aliphatic rings. The highest BCUT2D eigenvalue weighted by Crippen LogP contribution is 2.29. The summed E-state index contributed by atoms with van der Waals surface area (Å²) in [4.78, 5) is 12.5. The molecule has 1 fully saturated rings. The Morgan fingerprint density at radius 2 is 2.13 bits per heavy atom. The van der Waals surface area contributed by atoms with Gasteiger partial charge < -0.3 is 20.1 Å². The third-order valence-corrected chi connectivity index (χ3v) is 4.24. The molecule has 2 rings (SSSR count). The maximum Gasteiger partial charge on any atom is 0.255 e. The van der Waals surface area contributed by atoms with E-state index in [1.165, 1.54) is 12.1 Å². The first-order valence-corrected chi connectivity index (χ1v) is 8.01. The molecule has 0 saturated carbocycles. The second-order valence-corrected chi connectivity index (χ2v) is 5.92. The second kappa shape index (κ2) is 8.26. The largest absolute Gasteiger partial charge is 0.490 e. The monoisotopic (exact) mass is 324 g/mol. The third kappa shape index (κ3) is 4.42. The van der Waals surface area contributed by atoms with Crippen molar-refractivity contribution in [3.63, 3.8) is 0 Å². The zero-order chi connectivity index (χ0) is 16.7. The van der Waals surface area contributed by atoms with Gasteiger partial charge in [0.15, 0.2) is 11.6 Å². The summed E-state index contributed by atoms with van der Waals surface area (Å²) in [7, 11) is 1.67. The number of rotatable bonds is 7. The Kier molecular flexibility index (Phi) is 6.36. The number of piperidine rings is 1. The summed E-state index contributed by atoms with van der Waals surface area (Å²) < 4.78 is 24.5. The van der Waals surface area contributed by atoms with Gasteiger partial charge in [-0.3, -0.25) is 4.79 Å². The van der Waals surface area contributed by atoms with Gasteiger partial charge in [-0.25, -0.2) is 4.39 Å². The molecule has 128 valence electrons. The fraction of sp³-hybridized carbons (Fsp3) is 0.588. The van der Waals surface area contributed by atoms with Crippen molar-refractivity contribution >= 4 is 5.91 Å². The lowest BCUT2D eigenvalue weighted by atomic mass is 9.79. The minimum Gasteiger partial charge on any atom is -0.490 e. The van der Waals surface area contributed by atoms with Gasteiger partial charge in [0.05, 0.1) is 18.8 Å². The van der Waals surface area contributed by atoms with Gasteiger partial charge in [0.1, 0.15) is 0 Å². The van der Waals surface area contributed by atoms with E-state index in [0.29, 0.717) is 19.8 Å². The lowest BCUT2D eigenvalue weighted by Crippen LogP contribution is -2.47. The third-order valence-electron chi connectivity index (χ3n) is 4.24. The van der Waals surface area contributed by atoms with Crippen LogP contribution in [-0.4, -0.2) is 45.9 Å². The number of halogens is 1. The Morgan fingerprint density at radius 3 is 2.78 bits per heavy atom. The van der Waals surface area contributed by atoms with Crippen LogP contribution in [0.15, 0.2) is 18.2 Å². The van der Waals surface area contributed by atoms with Crippen LogP contribution in [0.25, 0.3) is 0 Å². The molecule has 0 atom stereocenters. The smallest absolute Gasteiger partial charge is 0.255 e. The molecule has 1 aromatic rings. The predicted molar refractivity (Wildman–Crippen MR) is 86.3 cm³/mol. The molecule has 0 aromatic heterocycles. The zero-order valence-corrected chi connectivity index (χ0v) is 13.8. The summed E-state index contributed by atoms with van der Waals surface area (Å²) in [5, 5.41) is 6.24. The number of carbonyl (C=O) groups is 1. The molecule has 1 heterocycles. The first-order chi connectivity index (χ1) is 11.1. The maximum absolute atomic E-state index is 13.9. The molecule has 1 aromatic carbocycles. The normalized spacial score (nSPS) is 16.8. The molecule has 5 nitrogen and oxygen atoms in total. The van der Waals surface area contributed by atoms with E-state index in [-0.39, 0.29) is 22.6 Å². The number of nitrogens with one attached hydrogen (secondary N) is 2.